The van der Waals surface area contributed by atoms with Crippen molar-refractivity contribution >= 4 is 21.7 Å². The van der Waals surface area contributed by atoms with Crippen molar-refractivity contribution in [3.05, 3.63) is 42.5 Å². The van der Waals surface area contributed by atoms with Gasteiger partial charge in [0.15, 0.2) is 0 Å². The number of halogens is 3. The zero-order valence-electron chi connectivity index (χ0n) is 12.5. The van der Waals surface area contributed by atoms with E-state index in [0.717, 1.165) is 16.2 Å². The Morgan fingerprint density at radius 1 is 0.957 bits per heavy atom. The zero-order valence-corrected chi connectivity index (χ0v) is 12.5. The molecule has 0 fully saturated rings. The number of ether oxygens (including phenoxy) is 2. The van der Waals surface area contributed by atoms with Crippen LogP contribution in [0.2, 0.25) is 0 Å². The normalized spacial score (nSPS) is 12.1. The van der Waals surface area contributed by atoms with E-state index in [-0.39, 0.29) is 11.9 Å². The van der Waals surface area contributed by atoms with Gasteiger partial charge in [0.05, 0.1) is 11.6 Å². The predicted octanol–water partition coefficient (Wildman–Crippen LogP) is 5.07. The first-order valence-electron chi connectivity index (χ1n) is 7.08. The Labute approximate surface area is 130 Å². The Bertz CT molecular complexity index is 859. The average Bonchev–Trinajstić information content (AvgIpc) is 2.45. The van der Waals surface area contributed by atoms with E-state index in [9.17, 15) is 13.2 Å². The lowest BCUT2D eigenvalue weighted by Gasteiger charge is -2.14. The molecule has 0 aliphatic carbocycles. The lowest BCUT2D eigenvalue weighted by molar-refractivity contribution is -0.274. The monoisotopic (exact) mass is 321 g/mol. The molecule has 0 spiro atoms. The number of fused-ring (bicyclic) bond motifs is 3. The highest BCUT2D eigenvalue weighted by Gasteiger charge is 2.31. The van der Waals surface area contributed by atoms with Crippen LogP contribution in [0.5, 0.6) is 11.6 Å². The van der Waals surface area contributed by atoms with Gasteiger partial charge in [0.1, 0.15) is 5.75 Å². The number of benzene rings is 2. The van der Waals surface area contributed by atoms with Crippen molar-refractivity contribution in [3.63, 3.8) is 0 Å². The topological polar surface area (TPSA) is 31.4 Å². The average molecular weight is 321 g/mol. The third kappa shape index (κ3) is 3.31. The van der Waals surface area contributed by atoms with E-state index in [1.807, 2.05) is 38.1 Å². The smallest absolute Gasteiger partial charge is 0.474 e. The van der Waals surface area contributed by atoms with Gasteiger partial charge in [0.2, 0.25) is 5.88 Å². The first kappa shape index (κ1) is 15.4. The molecule has 0 atom stereocenters. The third-order valence-corrected chi connectivity index (χ3v) is 3.22. The van der Waals surface area contributed by atoms with Crippen LogP contribution >= 0.6 is 0 Å². The minimum atomic E-state index is -4.73. The van der Waals surface area contributed by atoms with Crippen molar-refractivity contribution in [1.82, 2.24) is 4.98 Å². The maximum absolute atomic E-state index is 12.4. The summed E-state index contributed by atoms with van der Waals surface area (Å²) in [7, 11) is 0. The van der Waals surface area contributed by atoms with Gasteiger partial charge < -0.3 is 9.47 Å². The number of rotatable bonds is 3. The molecule has 0 aliphatic rings. The van der Waals surface area contributed by atoms with Gasteiger partial charge in [0.25, 0.3) is 0 Å². The van der Waals surface area contributed by atoms with Crippen LogP contribution in [0.25, 0.3) is 21.7 Å². The number of nitrogens with zero attached hydrogens (tertiary/aromatic N) is 1. The predicted molar refractivity (Wildman–Crippen MR) is 81.7 cm³/mol. The molecule has 23 heavy (non-hydrogen) atoms. The molecule has 2 aromatic carbocycles. The Kier molecular flexibility index (Phi) is 3.75. The molecule has 0 N–H and O–H groups in total. The molecule has 1 aromatic heterocycles. The first-order chi connectivity index (χ1) is 10.8. The summed E-state index contributed by atoms with van der Waals surface area (Å²) in [5.74, 6) is 0.0931. The van der Waals surface area contributed by atoms with Gasteiger partial charge in [-0.15, -0.1) is 13.2 Å². The van der Waals surface area contributed by atoms with Crippen molar-refractivity contribution in [3.8, 4) is 11.6 Å². The molecular formula is C17H14F3NO2. The molecule has 3 rings (SSSR count). The second-order valence-corrected chi connectivity index (χ2v) is 5.36. The fourth-order valence-electron chi connectivity index (χ4n) is 2.42. The van der Waals surface area contributed by atoms with E-state index in [1.54, 1.807) is 6.07 Å². The highest BCUT2D eigenvalue weighted by molar-refractivity contribution is 6.08. The molecule has 0 bridgehead atoms. The molecular weight excluding hydrogens is 307 g/mol. The number of hydrogen-bond acceptors (Lipinski definition) is 3. The van der Waals surface area contributed by atoms with E-state index in [4.69, 9.17) is 4.74 Å². The van der Waals surface area contributed by atoms with Gasteiger partial charge in [-0.25, -0.2) is 4.98 Å². The van der Waals surface area contributed by atoms with Crippen molar-refractivity contribution in [1.29, 1.82) is 0 Å². The zero-order chi connectivity index (χ0) is 16.6. The molecule has 0 unspecified atom stereocenters. The Morgan fingerprint density at radius 2 is 1.65 bits per heavy atom. The molecule has 1 heterocycles. The molecule has 0 saturated carbocycles. The number of alkyl halides is 3. The van der Waals surface area contributed by atoms with Gasteiger partial charge in [-0.3, -0.25) is 0 Å². The second-order valence-electron chi connectivity index (χ2n) is 5.36. The van der Waals surface area contributed by atoms with Crippen LogP contribution in [0.1, 0.15) is 13.8 Å². The minimum Gasteiger partial charge on any atom is -0.474 e. The van der Waals surface area contributed by atoms with Gasteiger partial charge >= 0.3 is 6.36 Å². The Morgan fingerprint density at radius 3 is 2.30 bits per heavy atom. The summed E-state index contributed by atoms with van der Waals surface area (Å²) >= 11 is 0. The van der Waals surface area contributed by atoms with E-state index in [1.165, 1.54) is 12.1 Å². The van der Waals surface area contributed by atoms with Crippen LogP contribution in [-0.2, 0) is 0 Å². The highest BCUT2D eigenvalue weighted by atomic mass is 19.4. The Balaban J connectivity index is 2.21. The lowest BCUT2D eigenvalue weighted by Crippen LogP contribution is -2.17. The second kappa shape index (κ2) is 5.61. The fraction of sp³-hybridized carbons (Fsp3) is 0.235. The summed E-state index contributed by atoms with van der Waals surface area (Å²) in [6, 6.07) is 11.6. The highest BCUT2D eigenvalue weighted by Crippen LogP contribution is 2.34. The summed E-state index contributed by atoms with van der Waals surface area (Å²) in [4.78, 5) is 4.36. The number of aromatic nitrogens is 1. The van der Waals surface area contributed by atoms with Crippen LogP contribution < -0.4 is 9.47 Å². The number of hydrogen-bond donors (Lipinski definition) is 0. The molecule has 6 heteroatoms. The molecule has 3 aromatic rings. The standard InChI is InChI=1S/C17H14F3NO2/c1-10(2)22-16-14-6-4-3-5-12(14)13-8-7-11(9-15(13)21-16)23-17(18,19)20/h3-10H,1-2H3. The third-order valence-electron chi connectivity index (χ3n) is 3.22. The number of pyridine rings is 1. The summed E-state index contributed by atoms with van der Waals surface area (Å²) in [6.45, 7) is 3.73. The van der Waals surface area contributed by atoms with Crippen molar-refractivity contribution in [2.75, 3.05) is 0 Å². The van der Waals surface area contributed by atoms with Crippen LogP contribution in [0, 0.1) is 0 Å². The van der Waals surface area contributed by atoms with Crippen LogP contribution in [0.4, 0.5) is 13.2 Å². The Hall–Kier alpha value is -2.50. The van der Waals surface area contributed by atoms with E-state index < -0.39 is 6.36 Å². The first-order valence-corrected chi connectivity index (χ1v) is 7.08. The van der Waals surface area contributed by atoms with Crippen molar-refractivity contribution in [2.24, 2.45) is 0 Å². The molecule has 0 saturated heterocycles. The maximum Gasteiger partial charge on any atom is 0.573 e. The lowest BCUT2D eigenvalue weighted by atomic mass is 10.1. The van der Waals surface area contributed by atoms with Crippen LogP contribution in [-0.4, -0.2) is 17.5 Å². The van der Waals surface area contributed by atoms with Crippen molar-refractivity contribution in [2.45, 2.75) is 26.3 Å². The quantitative estimate of drug-likeness (QED) is 0.631. The molecule has 3 nitrogen and oxygen atoms in total. The molecule has 0 radical (unpaired) electrons. The molecule has 120 valence electrons. The van der Waals surface area contributed by atoms with Gasteiger partial charge in [-0.1, -0.05) is 18.2 Å². The summed E-state index contributed by atoms with van der Waals surface area (Å²) in [5, 5.41) is 2.43. The molecule has 0 aliphatic heterocycles. The SMILES string of the molecule is CC(C)Oc1nc2cc(OC(F)(F)F)ccc2c2ccccc12. The summed E-state index contributed by atoms with van der Waals surface area (Å²) in [5.41, 5.74) is 0.390. The van der Waals surface area contributed by atoms with Gasteiger partial charge in [-0.2, -0.15) is 0 Å². The largest absolute Gasteiger partial charge is 0.573 e. The summed E-state index contributed by atoms with van der Waals surface area (Å²) < 4.78 is 46.8. The van der Waals surface area contributed by atoms with Crippen LogP contribution in [0.15, 0.2) is 42.5 Å². The van der Waals surface area contributed by atoms with E-state index in [0.29, 0.717) is 11.4 Å². The maximum atomic E-state index is 12.4. The van der Waals surface area contributed by atoms with E-state index in [2.05, 4.69) is 9.72 Å². The van der Waals surface area contributed by atoms with Crippen LogP contribution in [0.3, 0.4) is 0 Å². The van der Waals surface area contributed by atoms with E-state index >= 15 is 0 Å². The van der Waals surface area contributed by atoms with Crippen molar-refractivity contribution < 1.29 is 22.6 Å². The van der Waals surface area contributed by atoms with Gasteiger partial charge in [0, 0.05) is 16.8 Å². The minimum absolute atomic E-state index is 0.0991. The summed E-state index contributed by atoms with van der Waals surface area (Å²) in [6.07, 6.45) is -4.83. The molecule has 0 amide bonds. The fourth-order valence-corrected chi connectivity index (χ4v) is 2.42. The van der Waals surface area contributed by atoms with Gasteiger partial charge in [-0.05, 0) is 37.4 Å².